The molecule has 3 rings (SSSR count). The van der Waals surface area contributed by atoms with Gasteiger partial charge < -0.3 is 14.5 Å². The number of hydrogen-bond donors (Lipinski definition) is 0. The van der Waals surface area contributed by atoms with Gasteiger partial charge in [-0.15, -0.1) is 11.6 Å². The summed E-state index contributed by atoms with van der Waals surface area (Å²) in [5.74, 6) is 0.938. The van der Waals surface area contributed by atoms with E-state index in [1.807, 2.05) is 25.7 Å². The zero-order valence-electron chi connectivity index (χ0n) is 16.2. The fourth-order valence-electron chi connectivity index (χ4n) is 3.11. The molecule has 2 heterocycles. The van der Waals surface area contributed by atoms with E-state index in [1.54, 1.807) is 24.3 Å². The largest absolute Gasteiger partial charge is 0.436 e. The van der Waals surface area contributed by atoms with Crippen LogP contribution in [0.25, 0.3) is 0 Å². The minimum atomic E-state index is -0.590. The average Bonchev–Trinajstić information content (AvgIpc) is 2.69. The zero-order chi connectivity index (χ0) is 20.3. The number of halogens is 2. The number of carbonyl (C=O) groups is 1. The van der Waals surface area contributed by atoms with E-state index in [9.17, 15) is 9.18 Å². The molecular formula is C20H24ClFN4O2. The number of para-hydroxylation sites is 1. The van der Waals surface area contributed by atoms with Crippen LogP contribution >= 0.6 is 11.6 Å². The van der Waals surface area contributed by atoms with Crippen molar-refractivity contribution in [2.45, 2.75) is 26.8 Å². The highest BCUT2D eigenvalue weighted by Gasteiger charge is 2.36. The summed E-state index contributed by atoms with van der Waals surface area (Å²) in [4.78, 5) is 25.1. The van der Waals surface area contributed by atoms with Crippen molar-refractivity contribution < 1.29 is 13.9 Å². The summed E-state index contributed by atoms with van der Waals surface area (Å²) in [5.41, 5.74) is -0.590. The van der Waals surface area contributed by atoms with E-state index >= 15 is 0 Å². The van der Waals surface area contributed by atoms with Gasteiger partial charge in [-0.2, -0.15) is 0 Å². The van der Waals surface area contributed by atoms with Gasteiger partial charge in [0.2, 0.25) is 11.8 Å². The summed E-state index contributed by atoms with van der Waals surface area (Å²) in [7, 11) is 0. The maximum atomic E-state index is 13.8. The molecule has 8 heteroatoms. The van der Waals surface area contributed by atoms with E-state index in [1.165, 1.54) is 12.4 Å². The molecular weight excluding hydrogens is 383 g/mol. The monoisotopic (exact) mass is 406 g/mol. The average molecular weight is 407 g/mol. The van der Waals surface area contributed by atoms with Crippen molar-refractivity contribution in [1.29, 1.82) is 0 Å². The van der Waals surface area contributed by atoms with Gasteiger partial charge in [0, 0.05) is 37.6 Å². The van der Waals surface area contributed by atoms with Gasteiger partial charge in [-0.25, -0.2) is 14.4 Å². The standard InChI is InChI=1S/C20H24ClFN4O2/c1-14-11-25(8-9-26(14)19(27)20(2,3)12-21)17-10-18(24-13-23-17)28-16-7-5-4-6-15(16)22/h4-7,10,13-14H,8-9,11-12H2,1-3H3. The fraction of sp³-hybridized carbons (Fsp3) is 0.450. The Morgan fingerprint density at radius 1 is 1.32 bits per heavy atom. The summed E-state index contributed by atoms with van der Waals surface area (Å²) in [6.45, 7) is 7.56. The molecule has 0 N–H and O–H groups in total. The first kappa shape index (κ1) is 20.3. The molecule has 1 atom stereocenters. The Kier molecular flexibility index (Phi) is 6.03. The topological polar surface area (TPSA) is 58.6 Å². The Hall–Kier alpha value is -2.41. The molecule has 0 bridgehead atoms. The van der Waals surface area contributed by atoms with E-state index in [0.717, 1.165) is 0 Å². The number of alkyl halides is 1. The van der Waals surface area contributed by atoms with Crippen LogP contribution in [0.1, 0.15) is 20.8 Å². The number of benzene rings is 1. The van der Waals surface area contributed by atoms with Crippen molar-refractivity contribution in [2.75, 3.05) is 30.4 Å². The van der Waals surface area contributed by atoms with Crippen molar-refractivity contribution in [3.05, 3.63) is 42.5 Å². The van der Waals surface area contributed by atoms with Crippen molar-refractivity contribution in [2.24, 2.45) is 5.41 Å². The molecule has 1 aliphatic rings. The number of hydrogen-bond acceptors (Lipinski definition) is 5. The van der Waals surface area contributed by atoms with Gasteiger partial charge in [-0.1, -0.05) is 12.1 Å². The highest BCUT2D eigenvalue weighted by atomic mass is 35.5. The van der Waals surface area contributed by atoms with E-state index in [4.69, 9.17) is 16.3 Å². The minimum Gasteiger partial charge on any atom is -0.436 e. The molecule has 0 aliphatic carbocycles. The van der Waals surface area contributed by atoms with Gasteiger partial charge in [0.1, 0.15) is 12.1 Å². The summed E-state index contributed by atoms with van der Waals surface area (Å²) < 4.78 is 19.4. The van der Waals surface area contributed by atoms with E-state index < -0.39 is 11.2 Å². The molecule has 1 aromatic carbocycles. The summed E-state index contributed by atoms with van der Waals surface area (Å²) in [6.07, 6.45) is 1.39. The molecule has 1 unspecified atom stereocenters. The van der Waals surface area contributed by atoms with E-state index in [0.29, 0.717) is 25.5 Å². The van der Waals surface area contributed by atoms with Crippen LogP contribution in [0, 0.1) is 11.2 Å². The molecule has 1 saturated heterocycles. The highest BCUT2D eigenvalue weighted by molar-refractivity contribution is 6.19. The lowest BCUT2D eigenvalue weighted by Gasteiger charge is -2.43. The maximum absolute atomic E-state index is 13.8. The SMILES string of the molecule is CC1CN(c2cc(Oc3ccccc3F)ncn2)CCN1C(=O)C(C)(C)CCl. The third-order valence-electron chi connectivity index (χ3n) is 4.80. The van der Waals surface area contributed by atoms with Gasteiger partial charge in [0.25, 0.3) is 0 Å². The normalized spacial score (nSPS) is 17.5. The van der Waals surface area contributed by atoms with Gasteiger partial charge in [0.05, 0.1) is 5.41 Å². The van der Waals surface area contributed by atoms with E-state index in [2.05, 4.69) is 14.9 Å². The number of anilines is 1. The molecule has 0 spiro atoms. The first-order chi connectivity index (χ1) is 13.3. The number of rotatable bonds is 5. The number of amides is 1. The summed E-state index contributed by atoms with van der Waals surface area (Å²) in [5, 5.41) is 0. The van der Waals surface area contributed by atoms with Crippen LogP contribution in [-0.2, 0) is 4.79 Å². The van der Waals surface area contributed by atoms with Gasteiger partial charge in [-0.05, 0) is 32.9 Å². The number of nitrogens with zero attached hydrogens (tertiary/aromatic N) is 4. The number of carbonyl (C=O) groups excluding carboxylic acids is 1. The molecule has 0 radical (unpaired) electrons. The van der Waals surface area contributed by atoms with Gasteiger partial charge >= 0.3 is 0 Å². The molecule has 0 saturated carbocycles. The molecule has 28 heavy (non-hydrogen) atoms. The van der Waals surface area contributed by atoms with Crippen LogP contribution < -0.4 is 9.64 Å². The van der Waals surface area contributed by atoms with E-state index in [-0.39, 0.29) is 29.5 Å². The quantitative estimate of drug-likeness (QED) is 0.708. The lowest BCUT2D eigenvalue weighted by atomic mass is 9.93. The summed E-state index contributed by atoms with van der Waals surface area (Å²) >= 11 is 5.96. The number of piperazine rings is 1. The number of aromatic nitrogens is 2. The van der Waals surface area contributed by atoms with Crippen LogP contribution in [0.3, 0.4) is 0 Å². The Bertz CT molecular complexity index is 848. The Morgan fingerprint density at radius 3 is 2.75 bits per heavy atom. The molecule has 1 fully saturated rings. The summed E-state index contributed by atoms with van der Waals surface area (Å²) in [6, 6.07) is 7.86. The second kappa shape index (κ2) is 8.31. The first-order valence-corrected chi connectivity index (χ1v) is 9.71. The Labute approximate surface area is 169 Å². The third-order valence-corrected chi connectivity index (χ3v) is 5.47. The Balaban J connectivity index is 1.70. The van der Waals surface area contributed by atoms with Crippen molar-refractivity contribution >= 4 is 23.3 Å². The van der Waals surface area contributed by atoms with Gasteiger partial charge in [0.15, 0.2) is 11.6 Å². The molecule has 1 aliphatic heterocycles. The van der Waals surface area contributed by atoms with Crippen molar-refractivity contribution in [3.63, 3.8) is 0 Å². The van der Waals surface area contributed by atoms with Crippen molar-refractivity contribution in [3.8, 4) is 11.6 Å². The third kappa shape index (κ3) is 4.35. The molecule has 2 aromatic rings. The maximum Gasteiger partial charge on any atom is 0.229 e. The first-order valence-electron chi connectivity index (χ1n) is 9.18. The predicted octanol–water partition coefficient (Wildman–Crippen LogP) is 3.71. The van der Waals surface area contributed by atoms with Crippen LogP contribution in [0.5, 0.6) is 11.6 Å². The Morgan fingerprint density at radius 2 is 2.07 bits per heavy atom. The second-order valence-corrected chi connectivity index (χ2v) is 7.83. The molecule has 1 amide bonds. The van der Waals surface area contributed by atoms with Crippen LogP contribution in [-0.4, -0.2) is 52.3 Å². The molecule has 1 aromatic heterocycles. The lowest BCUT2D eigenvalue weighted by Crippen LogP contribution is -2.57. The van der Waals surface area contributed by atoms with Crippen LogP contribution in [0.2, 0.25) is 0 Å². The van der Waals surface area contributed by atoms with Crippen LogP contribution in [0.15, 0.2) is 36.7 Å². The van der Waals surface area contributed by atoms with Gasteiger partial charge in [-0.3, -0.25) is 4.79 Å². The molecule has 6 nitrogen and oxygen atoms in total. The minimum absolute atomic E-state index is 0.00893. The highest BCUT2D eigenvalue weighted by Crippen LogP contribution is 2.27. The number of ether oxygens (including phenoxy) is 1. The van der Waals surface area contributed by atoms with Crippen LogP contribution in [0.4, 0.5) is 10.2 Å². The zero-order valence-corrected chi connectivity index (χ0v) is 17.0. The fourth-order valence-corrected chi connectivity index (χ4v) is 3.23. The smallest absolute Gasteiger partial charge is 0.229 e. The lowest BCUT2D eigenvalue weighted by molar-refractivity contribution is -0.141. The predicted molar refractivity (Wildman–Crippen MR) is 106 cm³/mol. The second-order valence-electron chi connectivity index (χ2n) is 7.56. The molecule has 150 valence electrons. The van der Waals surface area contributed by atoms with Crippen molar-refractivity contribution in [1.82, 2.24) is 14.9 Å².